The minimum atomic E-state index is -0.823. The van der Waals surface area contributed by atoms with Crippen molar-refractivity contribution in [2.45, 2.75) is 297 Å². The molecule has 0 aromatic carbocycles. The molecule has 0 aromatic rings. The number of carbonyl (C=O) groups is 3. The second kappa shape index (κ2) is 60.9. The van der Waals surface area contributed by atoms with E-state index in [0.29, 0.717) is 12.8 Å². The molecule has 0 rings (SSSR count). The molecule has 0 spiro atoms. The van der Waals surface area contributed by atoms with Gasteiger partial charge in [-0.2, -0.15) is 0 Å². The van der Waals surface area contributed by atoms with Crippen LogP contribution in [0.15, 0.2) is 97.2 Å². The molecule has 6 nitrogen and oxygen atoms in total. The van der Waals surface area contributed by atoms with Crippen LogP contribution in [0, 0.1) is 0 Å². The predicted octanol–water partition coefficient (Wildman–Crippen LogP) is 20.9. The molecule has 0 radical (unpaired) electrons. The van der Waals surface area contributed by atoms with E-state index in [9.17, 15) is 14.4 Å². The van der Waals surface area contributed by atoms with Crippen molar-refractivity contribution in [1.82, 2.24) is 0 Å². The van der Waals surface area contributed by atoms with E-state index >= 15 is 0 Å². The molecule has 73 heavy (non-hydrogen) atoms. The van der Waals surface area contributed by atoms with Crippen LogP contribution in [-0.2, 0) is 28.6 Å². The van der Waals surface area contributed by atoms with Gasteiger partial charge in [0.15, 0.2) is 6.10 Å². The summed E-state index contributed by atoms with van der Waals surface area (Å²) in [7, 11) is 0. The Balaban J connectivity index is 4.46. The van der Waals surface area contributed by atoms with Gasteiger partial charge in [0.05, 0.1) is 6.42 Å². The van der Waals surface area contributed by atoms with Crippen molar-refractivity contribution in [2.75, 3.05) is 13.2 Å². The molecular formula is C67H114O6. The Morgan fingerprint density at radius 3 is 0.959 bits per heavy atom. The number of rotatable bonds is 55. The molecule has 0 aliphatic carbocycles. The Labute approximate surface area is 451 Å². The molecule has 418 valence electrons. The lowest BCUT2D eigenvalue weighted by molar-refractivity contribution is -0.166. The maximum atomic E-state index is 12.9. The number of carbonyl (C=O) groups excluding carboxylic acids is 3. The maximum Gasteiger partial charge on any atom is 0.309 e. The molecule has 1 atom stereocenters. The molecule has 0 heterocycles. The maximum absolute atomic E-state index is 12.9. The summed E-state index contributed by atoms with van der Waals surface area (Å²) < 4.78 is 16.8. The molecule has 6 heteroatoms. The second-order valence-electron chi connectivity index (χ2n) is 20.3. The first-order valence-electron chi connectivity index (χ1n) is 30.7. The van der Waals surface area contributed by atoms with Gasteiger partial charge in [-0.3, -0.25) is 14.4 Å². The SMILES string of the molecule is CC/C=C\C/C=C\C/C=C\C/C=C\C/C=C\CC(=O)OCC(COC(=O)CCCCCCCC/C=C\C/C=C\C/C=C\CCCCCCC)OC(=O)CCCCCCCCCCCCCCCCCCCCC. The van der Waals surface area contributed by atoms with Crippen molar-refractivity contribution in [3.8, 4) is 0 Å². The van der Waals surface area contributed by atoms with E-state index in [1.165, 1.54) is 154 Å². The molecule has 0 saturated carbocycles. The summed E-state index contributed by atoms with van der Waals surface area (Å²) in [6.45, 7) is 6.44. The van der Waals surface area contributed by atoms with E-state index in [2.05, 4.69) is 106 Å². The minimum Gasteiger partial charge on any atom is -0.462 e. The van der Waals surface area contributed by atoms with Gasteiger partial charge in [-0.1, -0.05) is 285 Å². The van der Waals surface area contributed by atoms with Crippen LogP contribution in [0.25, 0.3) is 0 Å². The first-order valence-corrected chi connectivity index (χ1v) is 30.7. The molecule has 0 aliphatic heterocycles. The highest BCUT2D eigenvalue weighted by molar-refractivity contribution is 5.72. The lowest BCUT2D eigenvalue weighted by Gasteiger charge is -2.18. The van der Waals surface area contributed by atoms with Crippen molar-refractivity contribution < 1.29 is 28.6 Å². The number of esters is 3. The number of allylic oxidation sites excluding steroid dienone is 15. The largest absolute Gasteiger partial charge is 0.462 e. The van der Waals surface area contributed by atoms with Gasteiger partial charge in [0.25, 0.3) is 0 Å². The minimum absolute atomic E-state index is 0.113. The quantitative estimate of drug-likeness (QED) is 0.0261. The molecule has 0 aromatic heterocycles. The predicted molar refractivity (Wildman–Crippen MR) is 316 cm³/mol. The lowest BCUT2D eigenvalue weighted by Crippen LogP contribution is -2.30. The topological polar surface area (TPSA) is 78.9 Å². The van der Waals surface area contributed by atoms with Gasteiger partial charge in [-0.15, -0.1) is 0 Å². The summed E-state index contributed by atoms with van der Waals surface area (Å²) in [5.41, 5.74) is 0. The molecule has 1 unspecified atom stereocenters. The fourth-order valence-electron chi connectivity index (χ4n) is 8.52. The smallest absolute Gasteiger partial charge is 0.309 e. The Hall–Kier alpha value is -3.67. The van der Waals surface area contributed by atoms with E-state index < -0.39 is 12.1 Å². The molecule has 0 bridgehead atoms. The third-order valence-corrected chi connectivity index (χ3v) is 13.1. The zero-order valence-corrected chi connectivity index (χ0v) is 47.9. The van der Waals surface area contributed by atoms with Crippen LogP contribution in [0.3, 0.4) is 0 Å². The van der Waals surface area contributed by atoms with E-state index in [-0.39, 0.29) is 31.6 Å². The van der Waals surface area contributed by atoms with Crippen molar-refractivity contribution in [1.29, 1.82) is 0 Å². The standard InChI is InChI=1S/C67H114O6/c1-4-7-10-13-16-19-22-25-28-30-32-33-35-36-39-42-45-48-51-54-57-60-66(69)72-63-64(62-71-65(68)59-56-53-50-47-44-41-38-27-24-21-18-15-12-9-6-3)73-67(70)61-58-55-52-49-46-43-40-37-34-31-29-26-23-20-17-14-11-8-5-2/h9,12,18,21-22,25,27,30,32,35-36,38,44,47,53,56,64H,4-8,10-11,13-17,19-20,23-24,26,28-29,31,33-34,37,39-43,45-46,48-52,54-55,57-63H2,1-3H3/b12-9-,21-18-,25-22-,32-30-,36-35-,38-27-,47-44-,56-53-. The summed E-state index contributed by atoms with van der Waals surface area (Å²) in [5.74, 6) is -1.05. The van der Waals surface area contributed by atoms with Crippen molar-refractivity contribution in [3.05, 3.63) is 97.2 Å². The highest BCUT2D eigenvalue weighted by Gasteiger charge is 2.19. The fourth-order valence-corrected chi connectivity index (χ4v) is 8.52. The van der Waals surface area contributed by atoms with Crippen LogP contribution >= 0.6 is 0 Å². The molecule has 0 saturated heterocycles. The molecule has 0 amide bonds. The number of ether oxygens (including phenoxy) is 3. The molecular weight excluding hydrogens is 901 g/mol. The first-order chi connectivity index (χ1) is 36.0. The van der Waals surface area contributed by atoms with Gasteiger partial charge in [0, 0.05) is 12.8 Å². The van der Waals surface area contributed by atoms with Crippen LogP contribution in [0.1, 0.15) is 290 Å². The van der Waals surface area contributed by atoms with E-state index in [4.69, 9.17) is 14.2 Å². The average Bonchev–Trinajstić information content (AvgIpc) is 3.39. The van der Waals surface area contributed by atoms with Gasteiger partial charge in [-0.05, 0) is 83.5 Å². The molecule has 0 N–H and O–H groups in total. The Bertz CT molecular complexity index is 1440. The summed E-state index contributed by atoms with van der Waals surface area (Å²) in [5, 5.41) is 0. The van der Waals surface area contributed by atoms with Gasteiger partial charge < -0.3 is 14.2 Å². The summed E-state index contributed by atoms with van der Waals surface area (Å²) in [6.07, 6.45) is 81.5. The van der Waals surface area contributed by atoms with Crippen LogP contribution in [0.5, 0.6) is 0 Å². The third-order valence-electron chi connectivity index (χ3n) is 13.1. The van der Waals surface area contributed by atoms with Crippen LogP contribution in [0.4, 0.5) is 0 Å². The zero-order chi connectivity index (χ0) is 52.9. The van der Waals surface area contributed by atoms with E-state index in [0.717, 1.165) is 96.3 Å². The van der Waals surface area contributed by atoms with Crippen LogP contribution in [-0.4, -0.2) is 37.2 Å². The molecule has 0 fully saturated rings. The monoisotopic (exact) mass is 1010 g/mol. The number of unbranched alkanes of at least 4 members (excludes halogenated alkanes) is 29. The van der Waals surface area contributed by atoms with Gasteiger partial charge in [-0.25, -0.2) is 0 Å². The van der Waals surface area contributed by atoms with Crippen LogP contribution in [0.2, 0.25) is 0 Å². The first kappa shape index (κ1) is 69.3. The highest BCUT2D eigenvalue weighted by Crippen LogP contribution is 2.16. The second-order valence-corrected chi connectivity index (χ2v) is 20.3. The van der Waals surface area contributed by atoms with E-state index in [1.807, 2.05) is 6.08 Å². The van der Waals surface area contributed by atoms with Crippen LogP contribution < -0.4 is 0 Å². The number of hydrogen-bond donors (Lipinski definition) is 0. The third kappa shape index (κ3) is 59.1. The van der Waals surface area contributed by atoms with Gasteiger partial charge in [0.2, 0.25) is 0 Å². The highest BCUT2D eigenvalue weighted by atomic mass is 16.6. The summed E-state index contributed by atoms with van der Waals surface area (Å²) in [6, 6.07) is 0. The van der Waals surface area contributed by atoms with Crippen molar-refractivity contribution in [3.63, 3.8) is 0 Å². The Morgan fingerprint density at radius 2 is 0.589 bits per heavy atom. The summed E-state index contributed by atoms with van der Waals surface area (Å²) in [4.78, 5) is 38.2. The molecule has 0 aliphatic rings. The van der Waals surface area contributed by atoms with Gasteiger partial charge in [0.1, 0.15) is 13.2 Å². The fraction of sp³-hybridized carbons (Fsp3) is 0.716. The van der Waals surface area contributed by atoms with Gasteiger partial charge >= 0.3 is 17.9 Å². The number of hydrogen-bond acceptors (Lipinski definition) is 6. The lowest BCUT2D eigenvalue weighted by atomic mass is 10.0. The Kier molecular flexibility index (Phi) is 57.8. The Morgan fingerprint density at radius 1 is 0.301 bits per heavy atom. The normalized spacial score (nSPS) is 12.8. The van der Waals surface area contributed by atoms with E-state index in [1.54, 1.807) is 6.08 Å². The average molecular weight is 1020 g/mol. The van der Waals surface area contributed by atoms with Crippen molar-refractivity contribution in [2.24, 2.45) is 0 Å². The van der Waals surface area contributed by atoms with Crippen molar-refractivity contribution >= 4 is 17.9 Å². The summed E-state index contributed by atoms with van der Waals surface area (Å²) >= 11 is 0. The zero-order valence-electron chi connectivity index (χ0n) is 47.9.